The Morgan fingerprint density at radius 1 is 1.22 bits per heavy atom. The third kappa shape index (κ3) is 3.67. The van der Waals surface area contributed by atoms with Crippen LogP contribution in [0.2, 0.25) is 0 Å². The standard InChI is InChI=1S/C16H23BFNO4/c1-15(2)16(3,4)23-17(22-15)11-7-8-13(12(18)9-11)21-10-14(20)19(5)6/h7-9H,10H2,1-6H3. The fourth-order valence-corrected chi connectivity index (χ4v) is 2.03. The van der Waals surface area contributed by atoms with Gasteiger partial charge in [-0.05, 0) is 45.3 Å². The summed E-state index contributed by atoms with van der Waals surface area (Å²) in [6, 6.07) is 4.48. The number of nitrogens with zero attached hydrogens (tertiary/aromatic N) is 1. The van der Waals surface area contributed by atoms with Crippen LogP contribution in [0.5, 0.6) is 5.75 Å². The van der Waals surface area contributed by atoms with Crippen LogP contribution in [-0.4, -0.2) is 49.8 Å². The van der Waals surface area contributed by atoms with E-state index in [1.165, 1.54) is 17.0 Å². The highest BCUT2D eigenvalue weighted by Crippen LogP contribution is 2.36. The maximum Gasteiger partial charge on any atom is 0.494 e. The Bertz CT molecular complexity index is 588. The number of likely N-dealkylation sites (N-methyl/N-ethyl adjacent to an activating group) is 1. The van der Waals surface area contributed by atoms with E-state index in [1.54, 1.807) is 20.2 Å². The van der Waals surface area contributed by atoms with Crippen LogP contribution in [-0.2, 0) is 14.1 Å². The molecule has 0 N–H and O–H groups in total. The summed E-state index contributed by atoms with van der Waals surface area (Å²) in [5, 5.41) is 0. The number of ether oxygens (including phenoxy) is 1. The smallest absolute Gasteiger partial charge is 0.481 e. The normalized spacial score (nSPS) is 18.8. The van der Waals surface area contributed by atoms with Crippen molar-refractivity contribution in [1.82, 2.24) is 4.90 Å². The number of carbonyl (C=O) groups excluding carboxylic acids is 1. The second kappa shape index (κ2) is 6.13. The molecular formula is C16H23BFNO4. The number of hydrogen-bond acceptors (Lipinski definition) is 4. The zero-order valence-corrected chi connectivity index (χ0v) is 14.5. The lowest BCUT2D eigenvalue weighted by atomic mass is 9.79. The first-order valence-corrected chi connectivity index (χ1v) is 7.51. The molecule has 1 aliphatic rings. The van der Waals surface area contributed by atoms with Crippen LogP contribution in [0.25, 0.3) is 0 Å². The molecule has 0 aromatic heterocycles. The van der Waals surface area contributed by atoms with Crippen LogP contribution >= 0.6 is 0 Å². The van der Waals surface area contributed by atoms with Crippen molar-refractivity contribution in [2.45, 2.75) is 38.9 Å². The van der Waals surface area contributed by atoms with Crippen molar-refractivity contribution in [2.75, 3.05) is 20.7 Å². The Labute approximate surface area is 136 Å². The van der Waals surface area contributed by atoms with E-state index in [1.807, 2.05) is 27.7 Å². The number of rotatable bonds is 4. The van der Waals surface area contributed by atoms with Crippen LogP contribution < -0.4 is 10.2 Å². The number of carbonyl (C=O) groups is 1. The summed E-state index contributed by atoms with van der Waals surface area (Å²) < 4.78 is 31.2. The summed E-state index contributed by atoms with van der Waals surface area (Å²) in [6.45, 7) is 7.54. The molecule has 0 unspecified atom stereocenters. The van der Waals surface area contributed by atoms with Gasteiger partial charge in [0.05, 0.1) is 11.2 Å². The molecule has 1 heterocycles. The van der Waals surface area contributed by atoms with Gasteiger partial charge in [-0.25, -0.2) is 4.39 Å². The van der Waals surface area contributed by atoms with E-state index < -0.39 is 24.1 Å². The first-order chi connectivity index (χ1) is 10.5. The minimum Gasteiger partial charge on any atom is -0.481 e. The van der Waals surface area contributed by atoms with Gasteiger partial charge >= 0.3 is 7.12 Å². The van der Waals surface area contributed by atoms with Gasteiger partial charge in [0, 0.05) is 14.1 Å². The molecule has 1 aliphatic heterocycles. The fourth-order valence-electron chi connectivity index (χ4n) is 2.03. The van der Waals surface area contributed by atoms with Crippen molar-refractivity contribution in [3.05, 3.63) is 24.0 Å². The molecule has 0 bridgehead atoms. The van der Waals surface area contributed by atoms with Crippen LogP contribution in [0.1, 0.15) is 27.7 Å². The van der Waals surface area contributed by atoms with Crippen LogP contribution in [0.15, 0.2) is 18.2 Å². The number of hydrogen-bond donors (Lipinski definition) is 0. The number of halogens is 1. The summed E-state index contributed by atoms with van der Waals surface area (Å²) in [5.41, 5.74) is -0.393. The molecule has 0 atom stereocenters. The largest absolute Gasteiger partial charge is 0.494 e. The molecule has 1 aromatic carbocycles. The highest BCUT2D eigenvalue weighted by Gasteiger charge is 2.51. The van der Waals surface area contributed by atoms with Crippen molar-refractivity contribution in [3.8, 4) is 5.75 Å². The van der Waals surface area contributed by atoms with Gasteiger partial charge in [-0.1, -0.05) is 6.07 Å². The molecular weight excluding hydrogens is 300 g/mol. The Morgan fingerprint density at radius 3 is 2.26 bits per heavy atom. The molecule has 1 saturated heterocycles. The van der Waals surface area contributed by atoms with Crippen LogP contribution in [0, 0.1) is 5.82 Å². The minimum absolute atomic E-state index is 0.0282. The predicted octanol–water partition coefficient (Wildman–Crippen LogP) is 1.59. The second-order valence-electron chi connectivity index (χ2n) is 6.85. The van der Waals surface area contributed by atoms with E-state index in [0.29, 0.717) is 5.46 Å². The Kier molecular flexibility index (Phi) is 4.73. The molecule has 7 heteroatoms. The average Bonchev–Trinajstić information content (AvgIpc) is 2.65. The SMILES string of the molecule is CN(C)C(=O)COc1ccc(B2OC(C)(C)C(C)(C)O2)cc1F. The molecule has 0 radical (unpaired) electrons. The van der Waals surface area contributed by atoms with Gasteiger partial charge in [0.2, 0.25) is 0 Å². The lowest BCUT2D eigenvalue weighted by Crippen LogP contribution is -2.41. The molecule has 0 spiro atoms. The van der Waals surface area contributed by atoms with E-state index in [9.17, 15) is 9.18 Å². The summed E-state index contributed by atoms with van der Waals surface area (Å²) >= 11 is 0. The fraction of sp³-hybridized carbons (Fsp3) is 0.562. The third-order valence-corrected chi connectivity index (χ3v) is 4.33. The first-order valence-electron chi connectivity index (χ1n) is 7.51. The molecule has 0 aliphatic carbocycles. The van der Waals surface area contributed by atoms with E-state index in [2.05, 4.69) is 0 Å². The summed E-state index contributed by atoms with van der Waals surface area (Å²) in [5.74, 6) is -0.760. The lowest BCUT2D eigenvalue weighted by Gasteiger charge is -2.32. The van der Waals surface area contributed by atoms with Gasteiger partial charge < -0.3 is 18.9 Å². The third-order valence-electron chi connectivity index (χ3n) is 4.33. The molecule has 0 saturated carbocycles. The van der Waals surface area contributed by atoms with Crippen molar-refractivity contribution in [1.29, 1.82) is 0 Å². The first kappa shape index (κ1) is 17.8. The minimum atomic E-state index is -0.632. The zero-order valence-electron chi connectivity index (χ0n) is 14.5. The summed E-state index contributed by atoms with van der Waals surface area (Å²) in [4.78, 5) is 12.9. The highest BCUT2D eigenvalue weighted by molar-refractivity contribution is 6.62. The van der Waals surface area contributed by atoms with Gasteiger partial charge in [-0.2, -0.15) is 0 Å². The Balaban J connectivity index is 2.10. The summed E-state index contributed by atoms with van der Waals surface area (Å²) in [6.07, 6.45) is 0. The monoisotopic (exact) mass is 323 g/mol. The maximum absolute atomic E-state index is 14.2. The van der Waals surface area contributed by atoms with Crippen molar-refractivity contribution in [3.63, 3.8) is 0 Å². The Hall–Kier alpha value is -1.60. The molecule has 5 nitrogen and oxygen atoms in total. The molecule has 2 rings (SSSR count). The van der Waals surface area contributed by atoms with Gasteiger partial charge in [-0.15, -0.1) is 0 Å². The van der Waals surface area contributed by atoms with Crippen LogP contribution in [0.3, 0.4) is 0 Å². The number of amides is 1. The molecule has 1 aromatic rings. The molecule has 1 fully saturated rings. The van der Waals surface area contributed by atoms with E-state index in [0.717, 1.165) is 0 Å². The second-order valence-corrected chi connectivity index (χ2v) is 6.85. The summed E-state index contributed by atoms with van der Waals surface area (Å²) in [7, 11) is 2.60. The van der Waals surface area contributed by atoms with Crippen molar-refractivity contribution >= 4 is 18.5 Å². The highest BCUT2D eigenvalue weighted by atomic mass is 19.1. The van der Waals surface area contributed by atoms with Crippen LogP contribution in [0.4, 0.5) is 4.39 Å². The van der Waals surface area contributed by atoms with E-state index in [-0.39, 0.29) is 18.3 Å². The topological polar surface area (TPSA) is 48.0 Å². The lowest BCUT2D eigenvalue weighted by molar-refractivity contribution is -0.130. The maximum atomic E-state index is 14.2. The zero-order chi connectivity index (χ0) is 17.4. The van der Waals surface area contributed by atoms with Crippen molar-refractivity contribution < 1.29 is 23.2 Å². The Morgan fingerprint density at radius 2 is 1.78 bits per heavy atom. The van der Waals surface area contributed by atoms with E-state index >= 15 is 0 Å². The van der Waals surface area contributed by atoms with Gasteiger partial charge in [0.15, 0.2) is 18.2 Å². The predicted molar refractivity (Wildman–Crippen MR) is 86.3 cm³/mol. The van der Waals surface area contributed by atoms with Gasteiger partial charge in [0.25, 0.3) is 5.91 Å². The number of benzene rings is 1. The average molecular weight is 323 g/mol. The van der Waals surface area contributed by atoms with E-state index in [4.69, 9.17) is 14.0 Å². The van der Waals surface area contributed by atoms with Crippen molar-refractivity contribution in [2.24, 2.45) is 0 Å². The molecule has 126 valence electrons. The van der Waals surface area contributed by atoms with Gasteiger partial charge in [-0.3, -0.25) is 4.79 Å². The van der Waals surface area contributed by atoms with Gasteiger partial charge in [0.1, 0.15) is 0 Å². The molecule has 1 amide bonds. The molecule has 23 heavy (non-hydrogen) atoms. The quantitative estimate of drug-likeness (QED) is 0.790.